The monoisotopic (exact) mass is 509 g/mol. The Labute approximate surface area is 214 Å². The molecule has 4 rings (SSSR count). The Kier molecular flexibility index (Phi) is 7.08. The number of carbonyl (C=O) groups excluding carboxylic acids is 2. The second-order valence-electron chi connectivity index (χ2n) is 8.70. The van der Waals surface area contributed by atoms with E-state index in [4.69, 9.17) is 17.0 Å². The molecule has 2 aliphatic rings. The highest BCUT2D eigenvalue weighted by Crippen LogP contribution is 2.58. The molecular formula is C27H27NO3S3. The molecule has 0 unspecified atom stereocenters. The highest BCUT2D eigenvalue weighted by Gasteiger charge is 2.45. The summed E-state index contributed by atoms with van der Waals surface area (Å²) in [5, 5.41) is 0. The minimum Gasteiger partial charge on any atom is -0.497 e. The molecule has 1 amide bonds. The van der Waals surface area contributed by atoms with Crippen LogP contribution in [0.4, 0.5) is 5.69 Å². The maximum atomic E-state index is 13.2. The number of nitrogens with zero attached hydrogens (tertiary/aromatic N) is 1. The molecule has 2 aliphatic heterocycles. The van der Waals surface area contributed by atoms with Crippen molar-refractivity contribution >= 4 is 68.5 Å². The third-order valence-corrected chi connectivity index (χ3v) is 9.38. The number of benzene rings is 2. The van der Waals surface area contributed by atoms with Crippen LogP contribution < -0.4 is 9.64 Å². The first kappa shape index (κ1) is 24.8. The average Bonchev–Trinajstić information content (AvgIpc) is 3.25. The Bertz CT molecular complexity index is 1250. The van der Waals surface area contributed by atoms with Gasteiger partial charge in [-0.1, -0.05) is 73.0 Å². The van der Waals surface area contributed by atoms with Crippen molar-refractivity contribution < 1.29 is 14.3 Å². The topological polar surface area (TPSA) is 46.6 Å². The largest absolute Gasteiger partial charge is 0.497 e. The van der Waals surface area contributed by atoms with E-state index in [9.17, 15) is 9.59 Å². The van der Waals surface area contributed by atoms with Crippen molar-refractivity contribution in [1.82, 2.24) is 0 Å². The van der Waals surface area contributed by atoms with Crippen LogP contribution in [0.3, 0.4) is 0 Å². The number of ether oxygens (including phenoxy) is 1. The van der Waals surface area contributed by atoms with Crippen LogP contribution in [-0.2, 0) is 9.59 Å². The zero-order valence-corrected chi connectivity index (χ0v) is 22.4. The molecular weight excluding hydrogens is 483 g/mol. The lowest BCUT2D eigenvalue weighted by Crippen LogP contribution is -2.55. The van der Waals surface area contributed by atoms with E-state index in [1.165, 1.54) is 11.8 Å². The molecule has 2 aromatic rings. The molecule has 7 heteroatoms. The molecule has 0 atom stereocenters. The molecule has 34 heavy (non-hydrogen) atoms. The van der Waals surface area contributed by atoms with Crippen molar-refractivity contribution in [2.45, 2.75) is 46.1 Å². The minimum absolute atomic E-state index is 0.0264. The second-order valence-corrected chi connectivity index (χ2v) is 11.4. The molecule has 0 bridgehead atoms. The molecule has 0 aliphatic carbocycles. The fraction of sp³-hybridized carbons (Fsp3) is 0.296. The van der Waals surface area contributed by atoms with Gasteiger partial charge in [-0.2, -0.15) is 0 Å². The zero-order chi connectivity index (χ0) is 24.6. The summed E-state index contributed by atoms with van der Waals surface area (Å²) in [6.07, 6.45) is 1.21. The van der Waals surface area contributed by atoms with Crippen LogP contribution in [0.25, 0.3) is 10.5 Å². The highest BCUT2D eigenvalue weighted by atomic mass is 32.2. The number of anilines is 1. The molecule has 176 valence electrons. The van der Waals surface area contributed by atoms with Gasteiger partial charge < -0.3 is 9.64 Å². The molecule has 0 radical (unpaired) electrons. The predicted octanol–water partition coefficient (Wildman–Crippen LogP) is 7.10. The lowest BCUT2D eigenvalue weighted by atomic mass is 9.83. The fourth-order valence-corrected chi connectivity index (χ4v) is 7.45. The van der Waals surface area contributed by atoms with Gasteiger partial charge >= 0.3 is 0 Å². The quantitative estimate of drug-likeness (QED) is 0.317. The smallest absolute Gasteiger partial charge is 0.227 e. The lowest BCUT2D eigenvalue weighted by molar-refractivity contribution is -0.119. The Morgan fingerprint density at radius 3 is 2.41 bits per heavy atom. The average molecular weight is 510 g/mol. The number of rotatable bonds is 5. The number of fused-ring (bicyclic) bond motifs is 1. The first-order chi connectivity index (χ1) is 16.2. The van der Waals surface area contributed by atoms with Gasteiger partial charge in [0.25, 0.3) is 0 Å². The van der Waals surface area contributed by atoms with Gasteiger partial charge in [0.15, 0.2) is 5.78 Å². The van der Waals surface area contributed by atoms with Gasteiger partial charge in [-0.3, -0.25) is 9.59 Å². The first-order valence-corrected chi connectivity index (χ1v) is 13.2. The summed E-state index contributed by atoms with van der Waals surface area (Å²) in [6.45, 7) is 7.60. The van der Waals surface area contributed by atoms with Gasteiger partial charge in [0.1, 0.15) is 5.75 Å². The molecule has 4 nitrogen and oxygen atoms in total. The molecule has 0 N–H and O–H groups in total. The van der Waals surface area contributed by atoms with E-state index in [0.29, 0.717) is 21.9 Å². The van der Waals surface area contributed by atoms with Crippen molar-refractivity contribution in [2.24, 2.45) is 0 Å². The van der Waals surface area contributed by atoms with Crippen molar-refractivity contribution in [2.75, 3.05) is 12.0 Å². The SMILES string of the molecule is CCCC(=O)N1c2ccc(OC)cc2/C(=C2/SC(C(C)=O)=C(c3ccccc3)S2)C(=S)C1(C)C. The zero-order valence-electron chi connectivity index (χ0n) is 19.9. The summed E-state index contributed by atoms with van der Waals surface area (Å²) >= 11 is 9.12. The predicted molar refractivity (Wildman–Crippen MR) is 148 cm³/mol. The van der Waals surface area contributed by atoms with Crippen LogP contribution >= 0.6 is 35.7 Å². The van der Waals surface area contributed by atoms with Crippen LogP contribution in [0.15, 0.2) is 57.7 Å². The van der Waals surface area contributed by atoms with Crippen molar-refractivity contribution in [3.63, 3.8) is 0 Å². The molecule has 0 saturated carbocycles. The van der Waals surface area contributed by atoms with Crippen LogP contribution in [0.5, 0.6) is 5.75 Å². The molecule has 0 saturated heterocycles. The van der Waals surface area contributed by atoms with E-state index < -0.39 is 5.54 Å². The number of thioether (sulfide) groups is 2. The third-order valence-electron chi connectivity index (χ3n) is 5.92. The summed E-state index contributed by atoms with van der Waals surface area (Å²) in [5.74, 6) is 0.765. The van der Waals surface area contributed by atoms with E-state index in [1.54, 1.807) is 25.8 Å². The molecule has 0 fully saturated rings. The van der Waals surface area contributed by atoms with Crippen molar-refractivity contribution in [3.05, 3.63) is 68.8 Å². The minimum atomic E-state index is -0.696. The number of thiocarbonyl (C=S) groups is 1. The van der Waals surface area contributed by atoms with Gasteiger partial charge in [0.05, 0.1) is 32.3 Å². The van der Waals surface area contributed by atoms with Crippen LogP contribution in [-0.4, -0.2) is 29.2 Å². The number of Topliss-reactive ketones (excluding diaryl/α,β-unsaturated/α-hetero) is 1. The molecule has 2 heterocycles. The number of hydrogen-bond donors (Lipinski definition) is 0. The Balaban J connectivity index is 1.93. The summed E-state index contributed by atoms with van der Waals surface area (Å²) < 4.78 is 6.48. The number of amides is 1. The van der Waals surface area contributed by atoms with Crippen molar-refractivity contribution in [1.29, 1.82) is 0 Å². The van der Waals surface area contributed by atoms with E-state index in [2.05, 4.69) is 0 Å². The van der Waals surface area contributed by atoms with E-state index >= 15 is 0 Å². The summed E-state index contributed by atoms with van der Waals surface area (Å²) in [5.41, 5.74) is 2.89. The van der Waals surface area contributed by atoms with Crippen molar-refractivity contribution in [3.8, 4) is 5.75 Å². The number of allylic oxidation sites excluding steroid dienone is 1. The maximum absolute atomic E-state index is 13.2. The number of carbonyl (C=O) groups is 2. The summed E-state index contributed by atoms with van der Waals surface area (Å²) in [6, 6.07) is 15.7. The van der Waals surface area contributed by atoms with Crippen LogP contribution in [0.2, 0.25) is 0 Å². The van der Waals surface area contributed by atoms with Gasteiger partial charge in [0.2, 0.25) is 5.91 Å². The Morgan fingerprint density at radius 2 is 1.79 bits per heavy atom. The summed E-state index contributed by atoms with van der Waals surface area (Å²) in [4.78, 5) is 30.0. The van der Waals surface area contributed by atoms with Gasteiger partial charge in [-0.15, -0.1) is 0 Å². The van der Waals surface area contributed by atoms with E-state index in [1.807, 2.05) is 74.2 Å². The summed E-state index contributed by atoms with van der Waals surface area (Å²) in [7, 11) is 1.63. The van der Waals surface area contributed by atoms with Crippen LogP contribution in [0.1, 0.15) is 51.7 Å². The number of ketones is 1. The Morgan fingerprint density at radius 1 is 1.09 bits per heavy atom. The maximum Gasteiger partial charge on any atom is 0.227 e. The van der Waals surface area contributed by atoms with E-state index in [-0.39, 0.29) is 11.7 Å². The fourth-order valence-electron chi connectivity index (χ4n) is 4.25. The van der Waals surface area contributed by atoms with Gasteiger partial charge in [-0.25, -0.2) is 0 Å². The number of methoxy groups -OCH3 is 1. The normalized spacial score (nSPS) is 19.3. The standard InChI is InChI=1S/C27H27NO3S3/c1-6-10-21(30)28-20-14-13-18(31-5)15-19(20)22(25(32)27(28,3)4)26-33-23(16(2)29)24(34-26)17-11-8-7-9-12-17/h7-9,11-15H,6,10H2,1-5H3/b26-22+. The van der Waals surface area contributed by atoms with Crippen LogP contribution in [0, 0.1) is 0 Å². The van der Waals surface area contributed by atoms with Gasteiger partial charge in [-0.05, 0) is 51.0 Å². The lowest BCUT2D eigenvalue weighted by Gasteiger charge is -2.45. The third kappa shape index (κ3) is 4.25. The number of hydrogen-bond acceptors (Lipinski definition) is 6. The van der Waals surface area contributed by atoms with Gasteiger partial charge in [0, 0.05) is 22.5 Å². The Hall–Kier alpha value is -2.35. The first-order valence-electron chi connectivity index (χ1n) is 11.2. The molecule has 2 aromatic carbocycles. The second kappa shape index (κ2) is 9.72. The molecule has 0 spiro atoms. The van der Waals surface area contributed by atoms with E-state index in [0.717, 1.165) is 38.0 Å². The highest BCUT2D eigenvalue weighted by molar-refractivity contribution is 8.32. The molecule has 0 aromatic heterocycles.